The summed E-state index contributed by atoms with van der Waals surface area (Å²) in [5.41, 5.74) is 2.30. The fourth-order valence-electron chi connectivity index (χ4n) is 3.24. The summed E-state index contributed by atoms with van der Waals surface area (Å²) in [6.07, 6.45) is 0. The van der Waals surface area contributed by atoms with Gasteiger partial charge in [0.25, 0.3) is 0 Å². The first-order chi connectivity index (χ1) is 13.5. The summed E-state index contributed by atoms with van der Waals surface area (Å²) in [5.74, 6) is -0.280. The summed E-state index contributed by atoms with van der Waals surface area (Å²) in [4.78, 5) is 17.0. The lowest BCUT2D eigenvalue weighted by Gasteiger charge is -2.34. The molecule has 2 aromatic rings. The zero-order valence-electron chi connectivity index (χ0n) is 16.7. The first-order valence-electron chi connectivity index (χ1n) is 9.76. The van der Waals surface area contributed by atoms with E-state index >= 15 is 0 Å². The minimum Gasteiger partial charge on any atom is -0.325 e. The van der Waals surface area contributed by atoms with Gasteiger partial charge in [0.1, 0.15) is 5.41 Å². The Morgan fingerprint density at radius 2 is 1.43 bits per heavy atom. The molecule has 0 unspecified atom stereocenters. The van der Waals surface area contributed by atoms with Crippen molar-refractivity contribution in [3.05, 3.63) is 65.7 Å². The van der Waals surface area contributed by atoms with Crippen LogP contribution in [0.15, 0.2) is 54.6 Å². The molecule has 1 aliphatic heterocycles. The molecule has 1 saturated heterocycles. The molecule has 0 aromatic heterocycles. The summed E-state index contributed by atoms with van der Waals surface area (Å²) in [6, 6.07) is 20.6. The van der Waals surface area contributed by atoms with Crippen LogP contribution in [0.5, 0.6) is 0 Å². The molecule has 0 atom stereocenters. The van der Waals surface area contributed by atoms with E-state index in [1.165, 1.54) is 11.1 Å². The van der Waals surface area contributed by atoms with Gasteiger partial charge in [-0.2, -0.15) is 5.26 Å². The van der Waals surface area contributed by atoms with E-state index in [2.05, 4.69) is 45.4 Å². The van der Waals surface area contributed by atoms with Gasteiger partial charge in [0.15, 0.2) is 0 Å². The van der Waals surface area contributed by atoms with Crippen LogP contribution >= 0.6 is 0 Å². The highest BCUT2D eigenvalue weighted by Crippen LogP contribution is 2.19. The molecule has 1 amide bonds. The average molecular weight is 377 g/mol. The Hall–Kier alpha value is -2.68. The monoisotopic (exact) mass is 376 g/mol. The van der Waals surface area contributed by atoms with Crippen molar-refractivity contribution in [3.8, 4) is 6.07 Å². The van der Waals surface area contributed by atoms with E-state index in [0.29, 0.717) is 0 Å². The van der Waals surface area contributed by atoms with Crippen LogP contribution in [0.3, 0.4) is 0 Å². The van der Waals surface area contributed by atoms with E-state index in [1.807, 2.05) is 30.3 Å². The number of anilines is 1. The average Bonchev–Trinajstić information content (AvgIpc) is 2.71. The number of carbonyl (C=O) groups excluding carboxylic acids is 1. The van der Waals surface area contributed by atoms with Gasteiger partial charge in [-0.15, -0.1) is 0 Å². The number of hydrogen-bond acceptors (Lipinski definition) is 4. The molecule has 5 nitrogen and oxygen atoms in total. The lowest BCUT2D eigenvalue weighted by molar-refractivity contribution is -0.121. The zero-order valence-corrected chi connectivity index (χ0v) is 16.7. The van der Waals surface area contributed by atoms with E-state index in [-0.39, 0.29) is 5.91 Å². The summed E-state index contributed by atoms with van der Waals surface area (Å²) in [6.45, 7) is 9.43. The van der Waals surface area contributed by atoms with Crippen molar-refractivity contribution >= 4 is 11.6 Å². The topological polar surface area (TPSA) is 59.4 Å². The number of nitrogens with zero attached hydrogens (tertiary/aromatic N) is 3. The maximum Gasteiger partial charge on any atom is 0.244 e. The third-order valence-electron chi connectivity index (χ3n) is 5.18. The lowest BCUT2D eigenvalue weighted by atomic mass is 9.94. The minimum absolute atomic E-state index is 0.280. The second-order valence-electron chi connectivity index (χ2n) is 7.93. The molecule has 0 saturated carbocycles. The smallest absolute Gasteiger partial charge is 0.244 e. The Kier molecular flexibility index (Phi) is 6.45. The van der Waals surface area contributed by atoms with Crippen LogP contribution in [-0.2, 0) is 17.9 Å². The fourth-order valence-corrected chi connectivity index (χ4v) is 3.24. The van der Waals surface area contributed by atoms with Gasteiger partial charge in [-0.3, -0.25) is 14.6 Å². The number of rotatable bonds is 6. The summed E-state index contributed by atoms with van der Waals surface area (Å²) >= 11 is 0. The Labute approximate surface area is 167 Å². The van der Waals surface area contributed by atoms with Crippen molar-refractivity contribution < 1.29 is 4.79 Å². The predicted octanol–water partition coefficient (Wildman–Crippen LogP) is 3.49. The highest BCUT2D eigenvalue weighted by Gasteiger charge is 2.27. The van der Waals surface area contributed by atoms with Crippen LogP contribution in [0.4, 0.5) is 5.69 Å². The summed E-state index contributed by atoms with van der Waals surface area (Å²) in [5, 5.41) is 11.9. The Morgan fingerprint density at radius 1 is 0.929 bits per heavy atom. The van der Waals surface area contributed by atoms with Crippen LogP contribution in [0.1, 0.15) is 25.0 Å². The van der Waals surface area contributed by atoms with Gasteiger partial charge in [0, 0.05) is 45.0 Å². The first-order valence-corrected chi connectivity index (χ1v) is 9.76. The molecule has 0 radical (unpaired) electrons. The first kappa shape index (κ1) is 20.1. The maximum atomic E-state index is 12.1. The molecule has 1 aliphatic rings. The van der Waals surface area contributed by atoms with E-state index in [0.717, 1.165) is 45.0 Å². The van der Waals surface area contributed by atoms with Crippen LogP contribution in [0.25, 0.3) is 0 Å². The molecule has 146 valence electrons. The van der Waals surface area contributed by atoms with Crippen LogP contribution in [0, 0.1) is 16.7 Å². The number of carbonyl (C=O) groups is 1. The number of piperazine rings is 1. The normalized spacial score (nSPS) is 15.8. The summed E-state index contributed by atoms with van der Waals surface area (Å²) in [7, 11) is 0. The number of amides is 1. The zero-order chi connectivity index (χ0) is 20.0. The third-order valence-corrected chi connectivity index (χ3v) is 5.18. The van der Waals surface area contributed by atoms with Crippen molar-refractivity contribution in [1.29, 1.82) is 5.26 Å². The Balaban J connectivity index is 1.46. The quantitative estimate of drug-likeness (QED) is 0.838. The second kappa shape index (κ2) is 9.01. The van der Waals surface area contributed by atoms with Gasteiger partial charge >= 0.3 is 0 Å². The maximum absolute atomic E-state index is 12.1. The van der Waals surface area contributed by atoms with Crippen molar-refractivity contribution in [2.45, 2.75) is 26.9 Å². The van der Waals surface area contributed by atoms with Crippen LogP contribution in [0.2, 0.25) is 0 Å². The molecule has 1 fully saturated rings. The number of nitriles is 1. The number of nitrogens with one attached hydrogen (secondary N) is 1. The Bertz CT molecular complexity index is 816. The van der Waals surface area contributed by atoms with E-state index < -0.39 is 5.41 Å². The number of benzene rings is 2. The number of hydrogen-bond donors (Lipinski definition) is 1. The molecule has 3 rings (SSSR count). The lowest BCUT2D eigenvalue weighted by Crippen LogP contribution is -2.45. The van der Waals surface area contributed by atoms with E-state index in [1.54, 1.807) is 13.8 Å². The van der Waals surface area contributed by atoms with E-state index in [9.17, 15) is 4.79 Å². The third kappa shape index (κ3) is 5.41. The molecular formula is C23H28N4O. The highest BCUT2D eigenvalue weighted by molar-refractivity contribution is 5.96. The molecular weight excluding hydrogens is 348 g/mol. The Morgan fingerprint density at radius 3 is 1.93 bits per heavy atom. The highest BCUT2D eigenvalue weighted by atomic mass is 16.2. The summed E-state index contributed by atoms with van der Waals surface area (Å²) < 4.78 is 0. The van der Waals surface area contributed by atoms with Crippen molar-refractivity contribution in [3.63, 3.8) is 0 Å². The minimum atomic E-state index is -1.03. The SMILES string of the molecule is CC(C)(C#N)C(=O)Nc1ccc(CN2CCN(Cc3ccccc3)CC2)cc1. The molecule has 5 heteroatoms. The molecule has 1 heterocycles. The molecule has 2 aromatic carbocycles. The molecule has 0 aliphatic carbocycles. The van der Waals surface area contributed by atoms with E-state index in [4.69, 9.17) is 5.26 Å². The second-order valence-corrected chi connectivity index (χ2v) is 7.93. The van der Waals surface area contributed by atoms with Gasteiger partial charge in [0.2, 0.25) is 5.91 Å². The van der Waals surface area contributed by atoms with Crippen molar-refractivity contribution in [1.82, 2.24) is 9.80 Å². The van der Waals surface area contributed by atoms with Gasteiger partial charge in [-0.25, -0.2) is 0 Å². The molecule has 1 N–H and O–H groups in total. The van der Waals surface area contributed by atoms with Gasteiger partial charge in [-0.1, -0.05) is 42.5 Å². The standard InChI is InChI=1S/C23H28N4O/c1-23(2,18-24)22(28)25-21-10-8-20(9-11-21)17-27-14-12-26(13-15-27)16-19-6-4-3-5-7-19/h3-11H,12-17H2,1-2H3,(H,25,28). The predicted molar refractivity (Wildman–Crippen MR) is 111 cm³/mol. The molecule has 28 heavy (non-hydrogen) atoms. The van der Waals surface area contributed by atoms with Gasteiger partial charge in [0.05, 0.1) is 6.07 Å². The van der Waals surface area contributed by atoms with Crippen molar-refractivity contribution in [2.75, 3.05) is 31.5 Å². The fraction of sp³-hybridized carbons (Fsp3) is 0.391. The largest absolute Gasteiger partial charge is 0.325 e. The van der Waals surface area contributed by atoms with Crippen LogP contribution < -0.4 is 5.32 Å². The van der Waals surface area contributed by atoms with Crippen LogP contribution in [-0.4, -0.2) is 41.9 Å². The van der Waals surface area contributed by atoms with Gasteiger partial charge in [-0.05, 0) is 37.1 Å². The van der Waals surface area contributed by atoms with Crippen molar-refractivity contribution in [2.24, 2.45) is 5.41 Å². The molecule has 0 spiro atoms. The molecule has 0 bridgehead atoms. The van der Waals surface area contributed by atoms with Gasteiger partial charge < -0.3 is 5.32 Å².